The molecule has 0 atom stereocenters. The molecule has 23 heavy (non-hydrogen) atoms. The van der Waals surface area contributed by atoms with Gasteiger partial charge in [0.25, 0.3) is 0 Å². The second-order valence-electron chi connectivity index (χ2n) is 6.17. The molecule has 0 spiro atoms. The quantitative estimate of drug-likeness (QED) is 0.728. The molecule has 1 aromatic heterocycles. The SMILES string of the molecule is CCCN(Cc1cccn1Cc1cccc(Cl)c1)C(=O)C(C)C. The highest BCUT2D eigenvalue weighted by atomic mass is 35.5. The van der Waals surface area contributed by atoms with Crippen molar-refractivity contribution in [1.29, 1.82) is 0 Å². The van der Waals surface area contributed by atoms with Crippen LogP contribution in [0.5, 0.6) is 0 Å². The largest absolute Gasteiger partial charge is 0.345 e. The second kappa shape index (κ2) is 8.21. The van der Waals surface area contributed by atoms with E-state index >= 15 is 0 Å². The number of aromatic nitrogens is 1. The predicted octanol–water partition coefficient (Wildman–Crippen LogP) is 4.58. The fourth-order valence-electron chi connectivity index (χ4n) is 2.68. The summed E-state index contributed by atoms with van der Waals surface area (Å²) in [5, 5.41) is 0.749. The van der Waals surface area contributed by atoms with Gasteiger partial charge in [0, 0.05) is 35.9 Å². The predicted molar refractivity (Wildman–Crippen MR) is 95.5 cm³/mol. The Kier molecular flexibility index (Phi) is 6.28. The zero-order chi connectivity index (χ0) is 16.8. The van der Waals surface area contributed by atoms with Gasteiger partial charge in [-0.1, -0.05) is 44.5 Å². The number of hydrogen-bond donors (Lipinski definition) is 0. The Labute approximate surface area is 143 Å². The summed E-state index contributed by atoms with van der Waals surface area (Å²) in [4.78, 5) is 14.3. The molecule has 124 valence electrons. The summed E-state index contributed by atoms with van der Waals surface area (Å²) in [5.74, 6) is 0.236. The topological polar surface area (TPSA) is 25.2 Å². The third-order valence-electron chi connectivity index (χ3n) is 3.82. The van der Waals surface area contributed by atoms with Crippen molar-refractivity contribution in [2.24, 2.45) is 5.92 Å². The fourth-order valence-corrected chi connectivity index (χ4v) is 2.89. The van der Waals surface area contributed by atoms with Gasteiger partial charge in [0.05, 0.1) is 6.54 Å². The van der Waals surface area contributed by atoms with Crippen LogP contribution in [-0.4, -0.2) is 21.9 Å². The minimum atomic E-state index is 0.0258. The first-order valence-electron chi connectivity index (χ1n) is 8.18. The van der Waals surface area contributed by atoms with E-state index in [1.165, 1.54) is 0 Å². The van der Waals surface area contributed by atoms with Crippen LogP contribution < -0.4 is 0 Å². The van der Waals surface area contributed by atoms with E-state index in [9.17, 15) is 4.79 Å². The van der Waals surface area contributed by atoms with Crippen LogP contribution in [0.2, 0.25) is 5.02 Å². The molecule has 0 saturated carbocycles. The maximum atomic E-state index is 12.4. The van der Waals surface area contributed by atoms with Crippen molar-refractivity contribution in [2.45, 2.75) is 40.3 Å². The van der Waals surface area contributed by atoms with Crippen LogP contribution in [0.25, 0.3) is 0 Å². The van der Waals surface area contributed by atoms with Gasteiger partial charge in [0.15, 0.2) is 0 Å². The zero-order valence-electron chi connectivity index (χ0n) is 14.1. The number of hydrogen-bond acceptors (Lipinski definition) is 1. The Morgan fingerprint density at radius 1 is 1.26 bits per heavy atom. The maximum absolute atomic E-state index is 12.4. The lowest BCUT2D eigenvalue weighted by molar-refractivity contribution is -0.135. The van der Waals surface area contributed by atoms with Crippen molar-refractivity contribution < 1.29 is 4.79 Å². The van der Waals surface area contributed by atoms with E-state index in [2.05, 4.69) is 29.8 Å². The molecule has 2 aromatic rings. The first kappa shape index (κ1) is 17.6. The summed E-state index contributed by atoms with van der Waals surface area (Å²) < 4.78 is 2.18. The average Bonchev–Trinajstić information content (AvgIpc) is 2.93. The summed E-state index contributed by atoms with van der Waals surface area (Å²) in [6, 6.07) is 12.0. The molecule has 3 nitrogen and oxygen atoms in total. The van der Waals surface area contributed by atoms with E-state index in [0.717, 1.165) is 35.8 Å². The van der Waals surface area contributed by atoms with E-state index < -0.39 is 0 Å². The molecule has 2 rings (SSSR count). The highest BCUT2D eigenvalue weighted by Gasteiger charge is 2.17. The Morgan fingerprint density at radius 2 is 2.04 bits per heavy atom. The first-order chi connectivity index (χ1) is 11.0. The Morgan fingerprint density at radius 3 is 2.70 bits per heavy atom. The fraction of sp³-hybridized carbons (Fsp3) is 0.421. The molecule has 1 aromatic carbocycles. The van der Waals surface area contributed by atoms with Crippen LogP contribution in [0.4, 0.5) is 0 Å². The number of halogens is 1. The number of amides is 1. The first-order valence-corrected chi connectivity index (χ1v) is 8.56. The minimum Gasteiger partial charge on any atom is -0.345 e. The number of rotatable bonds is 7. The van der Waals surface area contributed by atoms with Gasteiger partial charge in [-0.15, -0.1) is 0 Å². The highest BCUT2D eigenvalue weighted by molar-refractivity contribution is 6.30. The second-order valence-corrected chi connectivity index (χ2v) is 6.61. The van der Waals surface area contributed by atoms with Crippen LogP contribution in [-0.2, 0) is 17.9 Å². The molecule has 0 N–H and O–H groups in total. The molecule has 0 radical (unpaired) electrons. The lowest BCUT2D eigenvalue weighted by Gasteiger charge is -2.25. The van der Waals surface area contributed by atoms with Gasteiger partial charge in [-0.3, -0.25) is 4.79 Å². The van der Waals surface area contributed by atoms with Crippen LogP contribution in [0, 0.1) is 5.92 Å². The third-order valence-corrected chi connectivity index (χ3v) is 4.05. The summed E-state index contributed by atoms with van der Waals surface area (Å²) in [6.45, 7) is 8.22. The molecule has 0 fully saturated rings. The third kappa shape index (κ3) is 4.87. The molecule has 1 amide bonds. The van der Waals surface area contributed by atoms with Crippen molar-refractivity contribution in [3.05, 3.63) is 58.9 Å². The van der Waals surface area contributed by atoms with Crippen molar-refractivity contribution >= 4 is 17.5 Å². The van der Waals surface area contributed by atoms with Crippen molar-refractivity contribution in [2.75, 3.05) is 6.54 Å². The Bertz CT molecular complexity index is 648. The van der Waals surface area contributed by atoms with Gasteiger partial charge in [-0.05, 0) is 36.2 Å². The molecule has 0 unspecified atom stereocenters. The molecule has 0 aliphatic heterocycles. The van der Waals surface area contributed by atoms with Gasteiger partial charge < -0.3 is 9.47 Å². The normalized spacial score (nSPS) is 11.0. The lowest BCUT2D eigenvalue weighted by Crippen LogP contribution is -2.35. The highest BCUT2D eigenvalue weighted by Crippen LogP contribution is 2.15. The molecule has 0 bridgehead atoms. The van der Waals surface area contributed by atoms with Crippen LogP contribution >= 0.6 is 11.6 Å². The number of benzene rings is 1. The number of carbonyl (C=O) groups excluding carboxylic acids is 1. The smallest absolute Gasteiger partial charge is 0.225 e. The summed E-state index contributed by atoms with van der Waals surface area (Å²) in [6.07, 6.45) is 3.02. The summed E-state index contributed by atoms with van der Waals surface area (Å²) >= 11 is 6.06. The monoisotopic (exact) mass is 332 g/mol. The summed E-state index contributed by atoms with van der Waals surface area (Å²) in [7, 11) is 0. The number of nitrogens with zero attached hydrogens (tertiary/aromatic N) is 2. The maximum Gasteiger partial charge on any atom is 0.225 e. The zero-order valence-corrected chi connectivity index (χ0v) is 14.9. The average molecular weight is 333 g/mol. The standard InChI is InChI=1S/C19H25ClN2O/c1-4-10-22(19(23)15(2)3)14-18-9-6-11-21(18)13-16-7-5-8-17(20)12-16/h5-9,11-12,15H,4,10,13-14H2,1-3H3. The molecule has 0 aliphatic rings. The van der Waals surface area contributed by atoms with Gasteiger partial charge in [0.1, 0.15) is 0 Å². The molecule has 1 heterocycles. The molecule has 0 saturated heterocycles. The molecular formula is C19H25ClN2O. The Hall–Kier alpha value is -1.74. The van der Waals surface area contributed by atoms with Crippen molar-refractivity contribution in [1.82, 2.24) is 9.47 Å². The van der Waals surface area contributed by atoms with Gasteiger partial charge in [-0.25, -0.2) is 0 Å². The molecule has 0 aliphatic carbocycles. The summed E-state index contributed by atoms with van der Waals surface area (Å²) in [5.41, 5.74) is 2.31. The van der Waals surface area contributed by atoms with Gasteiger partial charge in [-0.2, -0.15) is 0 Å². The van der Waals surface area contributed by atoms with Crippen LogP contribution in [0.15, 0.2) is 42.6 Å². The Balaban J connectivity index is 2.14. The molecular weight excluding hydrogens is 308 g/mol. The van der Waals surface area contributed by atoms with Crippen molar-refractivity contribution in [3.63, 3.8) is 0 Å². The van der Waals surface area contributed by atoms with E-state index in [0.29, 0.717) is 6.54 Å². The lowest BCUT2D eigenvalue weighted by atomic mass is 10.1. The molecule has 4 heteroatoms. The van der Waals surface area contributed by atoms with E-state index in [1.807, 2.05) is 43.0 Å². The van der Waals surface area contributed by atoms with Crippen molar-refractivity contribution in [3.8, 4) is 0 Å². The van der Waals surface area contributed by atoms with Crippen LogP contribution in [0.1, 0.15) is 38.4 Å². The number of carbonyl (C=O) groups is 1. The van der Waals surface area contributed by atoms with E-state index in [1.54, 1.807) is 0 Å². The van der Waals surface area contributed by atoms with Gasteiger partial charge in [0.2, 0.25) is 5.91 Å². The van der Waals surface area contributed by atoms with E-state index in [4.69, 9.17) is 11.6 Å². The van der Waals surface area contributed by atoms with Crippen LogP contribution in [0.3, 0.4) is 0 Å². The van der Waals surface area contributed by atoms with E-state index in [-0.39, 0.29) is 11.8 Å². The minimum absolute atomic E-state index is 0.0258. The van der Waals surface area contributed by atoms with Gasteiger partial charge >= 0.3 is 0 Å².